The number of benzene rings is 1. The van der Waals surface area contributed by atoms with Gasteiger partial charge in [0.25, 0.3) is 5.91 Å². The molecule has 1 aromatic heterocycles. The summed E-state index contributed by atoms with van der Waals surface area (Å²) in [6.07, 6.45) is 3.94. The summed E-state index contributed by atoms with van der Waals surface area (Å²) in [6.45, 7) is 3.18. The molecule has 9 nitrogen and oxygen atoms in total. The van der Waals surface area contributed by atoms with Crippen LogP contribution in [0.25, 0.3) is 0 Å². The third-order valence-electron chi connectivity index (χ3n) is 4.94. The lowest BCUT2D eigenvalue weighted by Gasteiger charge is -2.13. The third-order valence-corrected chi connectivity index (χ3v) is 4.94. The monoisotopic (exact) mass is 415 g/mol. The molecule has 2 N–H and O–H groups in total. The maximum Gasteiger partial charge on any atom is 0.342 e. The van der Waals surface area contributed by atoms with Crippen LogP contribution < -0.4 is 15.4 Å². The van der Waals surface area contributed by atoms with E-state index in [2.05, 4.69) is 15.8 Å². The Morgan fingerprint density at radius 3 is 2.60 bits per heavy atom. The molecule has 0 atom stereocenters. The number of urea groups is 1. The molecule has 0 aliphatic heterocycles. The van der Waals surface area contributed by atoms with Crippen molar-refractivity contribution >= 4 is 17.9 Å². The summed E-state index contributed by atoms with van der Waals surface area (Å²) < 4.78 is 15.9. The van der Waals surface area contributed by atoms with Gasteiger partial charge in [0, 0.05) is 6.04 Å². The molecular weight excluding hydrogens is 390 g/mol. The van der Waals surface area contributed by atoms with E-state index < -0.39 is 24.5 Å². The number of carbonyl (C=O) groups is 3. The van der Waals surface area contributed by atoms with Crippen LogP contribution in [0.2, 0.25) is 0 Å². The lowest BCUT2D eigenvalue weighted by atomic mass is 10.2. The Balaban J connectivity index is 1.51. The Kier molecular flexibility index (Phi) is 7.05. The molecule has 0 bridgehead atoms. The fourth-order valence-electron chi connectivity index (χ4n) is 3.28. The molecule has 2 aromatic rings. The van der Waals surface area contributed by atoms with Gasteiger partial charge in [-0.25, -0.2) is 9.59 Å². The van der Waals surface area contributed by atoms with Gasteiger partial charge in [-0.05, 0) is 38.8 Å². The van der Waals surface area contributed by atoms with Crippen molar-refractivity contribution < 1.29 is 28.4 Å². The zero-order valence-corrected chi connectivity index (χ0v) is 17.0. The smallest absolute Gasteiger partial charge is 0.342 e. The Hall–Kier alpha value is -3.36. The Bertz CT molecular complexity index is 898. The number of aromatic nitrogens is 1. The minimum absolute atomic E-state index is 0.0853. The fourth-order valence-corrected chi connectivity index (χ4v) is 3.28. The summed E-state index contributed by atoms with van der Waals surface area (Å²) in [4.78, 5) is 36.1. The molecule has 30 heavy (non-hydrogen) atoms. The summed E-state index contributed by atoms with van der Waals surface area (Å²) in [5.41, 5.74) is 1.68. The van der Waals surface area contributed by atoms with Crippen molar-refractivity contribution in [3.8, 4) is 5.75 Å². The van der Waals surface area contributed by atoms with Crippen molar-refractivity contribution in [3.05, 3.63) is 46.8 Å². The van der Waals surface area contributed by atoms with Gasteiger partial charge in [-0.1, -0.05) is 30.1 Å². The van der Waals surface area contributed by atoms with E-state index >= 15 is 0 Å². The lowest BCUT2D eigenvalue weighted by molar-refractivity contribution is -0.123. The number of esters is 1. The van der Waals surface area contributed by atoms with Gasteiger partial charge in [-0.2, -0.15) is 0 Å². The van der Waals surface area contributed by atoms with Crippen LogP contribution >= 0.6 is 0 Å². The maximum atomic E-state index is 12.4. The summed E-state index contributed by atoms with van der Waals surface area (Å²) in [5.74, 6) is -0.481. The molecule has 1 aliphatic rings. The second-order valence-electron chi connectivity index (χ2n) is 7.17. The van der Waals surface area contributed by atoms with Gasteiger partial charge >= 0.3 is 12.0 Å². The standard InChI is InChI=1S/C21H25N3O6/c1-13-17(14(2)30-24-13)11-28-18-10-6-5-9-16(18)20(26)29-12-19(25)23-21(27)22-15-7-3-4-8-15/h5-6,9-10,15H,3-4,7-8,11-12H2,1-2H3,(H2,22,23,25,27). The first-order chi connectivity index (χ1) is 14.4. The van der Waals surface area contributed by atoms with Crippen molar-refractivity contribution in [2.75, 3.05) is 6.61 Å². The van der Waals surface area contributed by atoms with E-state index in [-0.39, 0.29) is 18.2 Å². The van der Waals surface area contributed by atoms with E-state index in [9.17, 15) is 14.4 Å². The highest BCUT2D eigenvalue weighted by Crippen LogP contribution is 2.22. The van der Waals surface area contributed by atoms with E-state index in [1.807, 2.05) is 0 Å². The normalized spacial score (nSPS) is 13.7. The molecule has 1 aromatic carbocycles. The van der Waals surface area contributed by atoms with Crippen LogP contribution in [-0.4, -0.2) is 35.7 Å². The molecule has 0 spiro atoms. The molecule has 1 heterocycles. The molecule has 1 aliphatic carbocycles. The molecule has 3 rings (SSSR count). The maximum absolute atomic E-state index is 12.4. The van der Waals surface area contributed by atoms with Crippen LogP contribution in [0.15, 0.2) is 28.8 Å². The first-order valence-corrected chi connectivity index (χ1v) is 9.85. The average molecular weight is 415 g/mol. The highest BCUT2D eigenvalue weighted by molar-refractivity contribution is 5.97. The summed E-state index contributed by atoms with van der Waals surface area (Å²) in [7, 11) is 0. The number of aryl methyl sites for hydroxylation is 2. The largest absolute Gasteiger partial charge is 0.488 e. The van der Waals surface area contributed by atoms with Gasteiger partial charge in [-0.15, -0.1) is 0 Å². The molecule has 3 amide bonds. The quantitative estimate of drug-likeness (QED) is 0.667. The van der Waals surface area contributed by atoms with E-state index in [0.717, 1.165) is 31.2 Å². The molecule has 0 radical (unpaired) electrons. The van der Waals surface area contributed by atoms with E-state index in [1.165, 1.54) is 6.07 Å². The molecule has 0 saturated heterocycles. The Morgan fingerprint density at radius 1 is 1.17 bits per heavy atom. The van der Waals surface area contributed by atoms with Crippen molar-refractivity contribution in [1.29, 1.82) is 0 Å². The predicted octanol–water partition coefficient (Wildman–Crippen LogP) is 2.80. The molecular formula is C21H25N3O6. The molecule has 9 heteroatoms. The van der Waals surface area contributed by atoms with Gasteiger partial charge in [-0.3, -0.25) is 10.1 Å². The van der Waals surface area contributed by atoms with Crippen LogP contribution in [0.3, 0.4) is 0 Å². The number of ether oxygens (including phenoxy) is 2. The topological polar surface area (TPSA) is 120 Å². The minimum atomic E-state index is -0.726. The van der Waals surface area contributed by atoms with Crippen molar-refractivity contribution in [2.24, 2.45) is 0 Å². The number of imide groups is 1. The van der Waals surface area contributed by atoms with E-state index in [4.69, 9.17) is 14.0 Å². The van der Waals surface area contributed by atoms with Crippen LogP contribution in [0.4, 0.5) is 4.79 Å². The van der Waals surface area contributed by atoms with Gasteiger partial charge in [0.15, 0.2) is 6.61 Å². The summed E-state index contributed by atoms with van der Waals surface area (Å²) in [6, 6.07) is 6.06. The average Bonchev–Trinajstić information content (AvgIpc) is 3.34. The summed E-state index contributed by atoms with van der Waals surface area (Å²) in [5, 5.41) is 8.77. The zero-order valence-electron chi connectivity index (χ0n) is 17.0. The molecule has 1 saturated carbocycles. The predicted molar refractivity (Wildman–Crippen MR) is 106 cm³/mol. The number of hydrogen-bond donors (Lipinski definition) is 2. The van der Waals surface area contributed by atoms with Gasteiger partial charge in [0.1, 0.15) is 23.7 Å². The van der Waals surface area contributed by atoms with Gasteiger partial charge < -0.3 is 19.3 Å². The number of carbonyl (C=O) groups excluding carboxylic acids is 3. The second-order valence-corrected chi connectivity index (χ2v) is 7.17. The fraction of sp³-hybridized carbons (Fsp3) is 0.429. The van der Waals surface area contributed by atoms with Crippen LogP contribution in [0.5, 0.6) is 5.75 Å². The summed E-state index contributed by atoms with van der Waals surface area (Å²) >= 11 is 0. The molecule has 1 fully saturated rings. The number of rotatable bonds is 7. The van der Waals surface area contributed by atoms with Crippen LogP contribution in [-0.2, 0) is 16.1 Å². The number of hydrogen-bond acceptors (Lipinski definition) is 7. The van der Waals surface area contributed by atoms with Crippen molar-refractivity contribution in [1.82, 2.24) is 15.8 Å². The van der Waals surface area contributed by atoms with Crippen LogP contribution in [0, 0.1) is 13.8 Å². The van der Waals surface area contributed by atoms with Crippen molar-refractivity contribution in [3.63, 3.8) is 0 Å². The highest BCUT2D eigenvalue weighted by Gasteiger charge is 2.20. The number of nitrogens with zero attached hydrogens (tertiary/aromatic N) is 1. The molecule has 0 unspecified atom stereocenters. The first kappa shape index (κ1) is 21.4. The first-order valence-electron chi connectivity index (χ1n) is 9.85. The third kappa shape index (κ3) is 5.59. The van der Waals surface area contributed by atoms with E-state index in [0.29, 0.717) is 17.2 Å². The number of para-hydroxylation sites is 1. The Morgan fingerprint density at radius 2 is 1.90 bits per heavy atom. The van der Waals surface area contributed by atoms with Gasteiger partial charge in [0.2, 0.25) is 0 Å². The molecule has 160 valence electrons. The SMILES string of the molecule is Cc1noc(C)c1COc1ccccc1C(=O)OCC(=O)NC(=O)NC1CCCC1. The minimum Gasteiger partial charge on any atom is -0.488 e. The number of nitrogens with one attached hydrogen (secondary N) is 2. The lowest BCUT2D eigenvalue weighted by Crippen LogP contribution is -2.45. The van der Waals surface area contributed by atoms with Crippen LogP contribution in [0.1, 0.15) is 53.1 Å². The number of amides is 3. The van der Waals surface area contributed by atoms with Crippen molar-refractivity contribution in [2.45, 2.75) is 52.2 Å². The van der Waals surface area contributed by atoms with Gasteiger partial charge in [0.05, 0.1) is 11.3 Å². The zero-order chi connectivity index (χ0) is 21.5. The van der Waals surface area contributed by atoms with E-state index in [1.54, 1.807) is 32.0 Å². The Labute approximate surface area is 174 Å². The highest BCUT2D eigenvalue weighted by atomic mass is 16.5. The second kappa shape index (κ2) is 9.91.